The molecule has 0 saturated heterocycles. The van der Waals surface area contributed by atoms with Crippen molar-refractivity contribution in [2.24, 2.45) is 0 Å². The number of rotatable bonds is 1. The molecule has 39 heavy (non-hydrogen) atoms. The molecule has 2 aliphatic rings. The van der Waals surface area contributed by atoms with Gasteiger partial charge < -0.3 is 4.57 Å². The number of fused-ring (bicyclic) bond motifs is 10. The fraction of sp³-hybridized carbons (Fsp3) is 0. The first-order valence-corrected chi connectivity index (χ1v) is 13.6. The van der Waals surface area contributed by atoms with Crippen LogP contribution in [0.1, 0.15) is 0 Å². The average molecular weight is 492 g/mol. The summed E-state index contributed by atoms with van der Waals surface area (Å²) in [5.74, 6) is 0. The lowest BCUT2D eigenvalue weighted by molar-refractivity contribution is 1.20. The fourth-order valence-electron chi connectivity index (χ4n) is 7.57. The number of benzene rings is 7. The highest BCUT2D eigenvalue weighted by atomic mass is 15.0. The van der Waals surface area contributed by atoms with E-state index in [1.807, 2.05) is 0 Å². The lowest BCUT2D eigenvalue weighted by atomic mass is 9.99. The molecular formula is C38H21N. The summed E-state index contributed by atoms with van der Waals surface area (Å²) >= 11 is 0. The molecule has 7 aromatic carbocycles. The van der Waals surface area contributed by atoms with Gasteiger partial charge in [-0.15, -0.1) is 0 Å². The third-order valence-corrected chi connectivity index (χ3v) is 9.07. The van der Waals surface area contributed by atoms with Crippen molar-refractivity contribution in [3.05, 3.63) is 127 Å². The molecule has 0 N–H and O–H groups in total. The highest BCUT2D eigenvalue weighted by Crippen LogP contribution is 2.53. The topological polar surface area (TPSA) is 4.93 Å². The van der Waals surface area contributed by atoms with E-state index in [4.69, 9.17) is 0 Å². The molecule has 0 fully saturated rings. The minimum atomic E-state index is 1.24. The van der Waals surface area contributed by atoms with Crippen molar-refractivity contribution in [3.63, 3.8) is 0 Å². The summed E-state index contributed by atoms with van der Waals surface area (Å²) in [6.45, 7) is 0. The molecule has 0 atom stereocenters. The lowest BCUT2D eigenvalue weighted by Crippen LogP contribution is -1.97. The Kier molecular flexibility index (Phi) is 3.49. The Balaban J connectivity index is 1.41. The molecular weight excluding hydrogens is 470 g/mol. The van der Waals surface area contributed by atoms with Crippen LogP contribution in [0.3, 0.4) is 0 Å². The van der Waals surface area contributed by atoms with E-state index in [9.17, 15) is 0 Å². The maximum atomic E-state index is 2.54. The van der Waals surface area contributed by atoms with E-state index in [-0.39, 0.29) is 0 Å². The molecule has 0 amide bonds. The SMILES string of the molecule is c1ccc2c(c1)-c1cccc3c(-n4c5ccccc5c5ccc6c(c54)-c4cccc5cccc-6c45)ccc-2c13. The van der Waals surface area contributed by atoms with Gasteiger partial charge in [0.05, 0.1) is 16.7 Å². The van der Waals surface area contributed by atoms with Crippen LogP contribution in [0.5, 0.6) is 0 Å². The summed E-state index contributed by atoms with van der Waals surface area (Å²) in [5.41, 5.74) is 14.5. The third kappa shape index (κ3) is 2.29. The highest BCUT2D eigenvalue weighted by Gasteiger charge is 2.28. The second-order valence-electron chi connectivity index (χ2n) is 10.9. The van der Waals surface area contributed by atoms with Crippen molar-refractivity contribution < 1.29 is 0 Å². The molecule has 10 rings (SSSR count). The van der Waals surface area contributed by atoms with Crippen molar-refractivity contribution in [3.8, 4) is 50.2 Å². The summed E-state index contributed by atoms with van der Waals surface area (Å²) < 4.78 is 2.54. The summed E-state index contributed by atoms with van der Waals surface area (Å²) in [6.07, 6.45) is 0. The summed E-state index contributed by atoms with van der Waals surface area (Å²) in [6, 6.07) is 47.4. The largest absolute Gasteiger partial charge is 0.308 e. The number of aromatic nitrogens is 1. The van der Waals surface area contributed by atoms with Gasteiger partial charge in [-0.3, -0.25) is 0 Å². The van der Waals surface area contributed by atoms with Crippen LogP contribution in [0.4, 0.5) is 0 Å². The Labute approximate surface area is 225 Å². The smallest absolute Gasteiger partial charge is 0.0626 e. The van der Waals surface area contributed by atoms with Gasteiger partial charge in [-0.1, -0.05) is 115 Å². The zero-order valence-corrected chi connectivity index (χ0v) is 21.1. The van der Waals surface area contributed by atoms with Crippen LogP contribution in [-0.4, -0.2) is 4.57 Å². The zero-order chi connectivity index (χ0) is 25.2. The Bertz CT molecular complexity index is 2350. The van der Waals surface area contributed by atoms with E-state index in [0.29, 0.717) is 0 Å². The van der Waals surface area contributed by atoms with E-state index in [2.05, 4.69) is 132 Å². The second kappa shape index (κ2) is 6.83. The van der Waals surface area contributed by atoms with Crippen LogP contribution in [0.15, 0.2) is 127 Å². The average Bonchev–Trinajstić information content (AvgIpc) is 3.62. The molecule has 0 bridgehead atoms. The summed E-state index contributed by atoms with van der Waals surface area (Å²) in [5, 5.41) is 7.94. The van der Waals surface area contributed by atoms with Crippen molar-refractivity contribution in [2.45, 2.75) is 0 Å². The van der Waals surface area contributed by atoms with Gasteiger partial charge in [0.1, 0.15) is 0 Å². The first-order chi connectivity index (χ1) is 19.4. The molecule has 1 heteroatoms. The van der Waals surface area contributed by atoms with Gasteiger partial charge in [0.25, 0.3) is 0 Å². The van der Waals surface area contributed by atoms with Gasteiger partial charge in [0.15, 0.2) is 0 Å². The maximum Gasteiger partial charge on any atom is 0.0626 e. The molecule has 0 spiro atoms. The van der Waals surface area contributed by atoms with Gasteiger partial charge in [-0.05, 0) is 67.2 Å². The first kappa shape index (κ1) is 19.9. The second-order valence-corrected chi connectivity index (χ2v) is 10.9. The number of hydrogen-bond donors (Lipinski definition) is 0. The summed E-state index contributed by atoms with van der Waals surface area (Å²) in [7, 11) is 0. The van der Waals surface area contributed by atoms with E-state index >= 15 is 0 Å². The highest BCUT2D eigenvalue weighted by molar-refractivity contribution is 6.25. The quantitative estimate of drug-likeness (QED) is 0.215. The Morgan fingerprint density at radius 2 is 0.974 bits per heavy atom. The number of nitrogens with zero attached hydrogens (tertiary/aromatic N) is 1. The van der Waals surface area contributed by atoms with Gasteiger partial charge in [0, 0.05) is 21.7 Å². The van der Waals surface area contributed by atoms with Gasteiger partial charge >= 0.3 is 0 Å². The van der Waals surface area contributed by atoms with Crippen LogP contribution < -0.4 is 0 Å². The van der Waals surface area contributed by atoms with Crippen LogP contribution in [0.25, 0.3) is 93.5 Å². The van der Waals surface area contributed by atoms with Crippen molar-refractivity contribution in [1.82, 2.24) is 4.57 Å². The molecule has 8 aromatic rings. The predicted molar refractivity (Wildman–Crippen MR) is 165 cm³/mol. The van der Waals surface area contributed by atoms with Crippen LogP contribution in [0, 0.1) is 0 Å². The van der Waals surface area contributed by atoms with Crippen molar-refractivity contribution in [1.29, 1.82) is 0 Å². The normalized spacial score (nSPS) is 12.6. The third-order valence-electron chi connectivity index (χ3n) is 9.07. The minimum Gasteiger partial charge on any atom is -0.308 e. The van der Waals surface area contributed by atoms with Gasteiger partial charge in [0.2, 0.25) is 0 Å². The molecule has 0 aliphatic heterocycles. The standard InChI is InChI=1S/C38H21N/c1-2-11-24-23(10-1)26-14-7-15-31-34(21-20-28(24)36(26)31)39-33-17-4-3-12-25(33)30-19-18-29-27-13-5-8-22-9-6-16-32(35(22)27)37(29)38(30)39/h1-21H. The Morgan fingerprint density at radius 1 is 0.359 bits per heavy atom. The zero-order valence-electron chi connectivity index (χ0n) is 21.1. The van der Waals surface area contributed by atoms with Gasteiger partial charge in [-0.25, -0.2) is 0 Å². The van der Waals surface area contributed by atoms with E-state index in [1.54, 1.807) is 0 Å². The molecule has 1 heterocycles. The molecule has 0 radical (unpaired) electrons. The molecule has 1 aromatic heterocycles. The maximum absolute atomic E-state index is 2.54. The molecule has 0 unspecified atom stereocenters. The van der Waals surface area contributed by atoms with Gasteiger partial charge in [-0.2, -0.15) is 0 Å². The first-order valence-electron chi connectivity index (χ1n) is 13.6. The number of para-hydroxylation sites is 1. The molecule has 0 saturated carbocycles. The Hall–Kier alpha value is -5.14. The lowest BCUT2D eigenvalue weighted by Gasteiger charge is -2.15. The molecule has 178 valence electrons. The fourth-order valence-corrected chi connectivity index (χ4v) is 7.57. The monoisotopic (exact) mass is 491 g/mol. The van der Waals surface area contributed by atoms with Crippen molar-refractivity contribution in [2.75, 3.05) is 0 Å². The van der Waals surface area contributed by atoms with Crippen LogP contribution >= 0.6 is 0 Å². The Morgan fingerprint density at radius 3 is 1.82 bits per heavy atom. The molecule has 2 aliphatic carbocycles. The minimum absolute atomic E-state index is 1.24. The van der Waals surface area contributed by atoms with E-state index in [0.717, 1.165) is 0 Å². The van der Waals surface area contributed by atoms with E-state index in [1.165, 1.54) is 93.5 Å². The van der Waals surface area contributed by atoms with E-state index < -0.39 is 0 Å². The van der Waals surface area contributed by atoms with Crippen LogP contribution in [0.2, 0.25) is 0 Å². The van der Waals surface area contributed by atoms with Crippen LogP contribution in [-0.2, 0) is 0 Å². The number of hydrogen-bond acceptors (Lipinski definition) is 0. The molecule has 1 nitrogen and oxygen atoms in total. The van der Waals surface area contributed by atoms with Crippen molar-refractivity contribution >= 4 is 43.4 Å². The predicted octanol–water partition coefficient (Wildman–Crippen LogP) is 10.4. The summed E-state index contributed by atoms with van der Waals surface area (Å²) in [4.78, 5) is 0.